The molecule has 1 nitrogen and oxygen atoms in total. The van der Waals surface area contributed by atoms with Crippen molar-refractivity contribution in [1.82, 2.24) is 0 Å². The molecule has 0 aromatic rings. The molecule has 0 aliphatic rings. The van der Waals surface area contributed by atoms with Crippen LogP contribution in [0.25, 0.3) is 0 Å². The maximum Gasteiger partial charge on any atom is 0.0886 e. The molecule has 0 bridgehead atoms. The molecule has 0 heterocycles. The molecular weight excluding hydrogens is 132 g/mol. The fourth-order valence-corrected chi connectivity index (χ4v) is 1.65. The van der Waals surface area contributed by atoms with Gasteiger partial charge in [0.1, 0.15) is 0 Å². The van der Waals surface area contributed by atoms with Crippen LogP contribution in [0.4, 0.5) is 0 Å². The van der Waals surface area contributed by atoms with Crippen LogP contribution in [0.2, 0.25) is 0 Å². The summed E-state index contributed by atoms with van der Waals surface area (Å²) in [5, 5.41) is 8.47. The molecule has 0 spiro atoms. The van der Waals surface area contributed by atoms with Crippen LogP contribution in [0.15, 0.2) is 0 Å². The SMILES string of the molecule is CCC(CC)CSCO. The van der Waals surface area contributed by atoms with Crippen molar-refractivity contribution >= 4 is 11.8 Å². The van der Waals surface area contributed by atoms with Crippen LogP contribution in [0.3, 0.4) is 0 Å². The lowest BCUT2D eigenvalue weighted by Crippen LogP contribution is -2.00. The summed E-state index contributed by atoms with van der Waals surface area (Å²) >= 11 is 1.62. The summed E-state index contributed by atoms with van der Waals surface area (Å²) < 4.78 is 0. The molecule has 0 aliphatic heterocycles. The molecule has 0 fully saturated rings. The summed E-state index contributed by atoms with van der Waals surface area (Å²) in [5.41, 5.74) is 0. The Morgan fingerprint density at radius 1 is 1.33 bits per heavy atom. The van der Waals surface area contributed by atoms with Gasteiger partial charge in [-0.2, -0.15) is 0 Å². The standard InChI is InChI=1S/C7H16OS/c1-3-7(4-2)5-9-6-8/h7-8H,3-6H2,1-2H3. The summed E-state index contributed by atoms with van der Waals surface area (Å²) in [6.45, 7) is 4.40. The Labute approximate surface area is 61.8 Å². The van der Waals surface area contributed by atoms with Crippen molar-refractivity contribution < 1.29 is 5.11 Å². The zero-order valence-corrected chi connectivity index (χ0v) is 7.08. The molecule has 9 heavy (non-hydrogen) atoms. The molecule has 0 aliphatic carbocycles. The maximum atomic E-state index is 8.47. The number of aliphatic hydroxyl groups is 1. The van der Waals surface area contributed by atoms with Crippen molar-refractivity contribution in [3.05, 3.63) is 0 Å². The van der Waals surface area contributed by atoms with E-state index in [1.165, 1.54) is 12.8 Å². The summed E-state index contributed by atoms with van der Waals surface area (Å²) in [7, 11) is 0. The fourth-order valence-electron chi connectivity index (χ4n) is 0.744. The van der Waals surface area contributed by atoms with Gasteiger partial charge in [-0.05, 0) is 11.7 Å². The largest absolute Gasteiger partial charge is 0.386 e. The van der Waals surface area contributed by atoms with Crippen molar-refractivity contribution in [2.45, 2.75) is 26.7 Å². The highest BCUT2D eigenvalue weighted by Gasteiger charge is 2.00. The van der Waals surface area contributed by atoms with Gasteiger partial charge in [0.25, 0.3) is 0 Å². The summed E-state index contributed by atoms with van der Waals surface area (Å²) in [6.07, 6.45) is 2.48. The Morgan fingerprint density at radius 3 is 2.22 bits per heavy atom. The molecule has 0 radical (unpaired) electrons. The predicted octanol–water partition coefficient (Wildman–Crippen LogP) is 2.11. The van der Waals surface area contributed by atoms with Crippen molar-refractivity contribution in [2.75, 3.05) is 11.7 Å². The van der Waals surface area contributed by atoms with Crippen LogP contribution in [-0.4, -0.2) is 16.8 Å². The van der Waals surface area contributed by atoms with Gasteiger partial charge in [-0.25, -0.2) is 0 Å². The smallest absolute Gasteiger partial charge is 0.0886 e. The Bertz CT molecular complexity index is 52.9. The Morgan fingerprint density at radius 2 is 1.89 bits per heavy atom. The number of hydrogen-bond donors (Lipinski definition) is 1. The monoisotopic (exact) mass is 148 g/mol. The molecule has 56 valence electrons. The molecule has 0 saturated heterocycles. The van der Waals surface area contributed by atoms with E-state index < -0.39 is 0 Å². The van der Waals surface area contributed by atoms with Crippen molar-refractivity contribution in [1.29, 1.82) is 0 Å². The topological polar surface area (TPSA) is 20.2 Å². The maximum absolute atomic E-state index is 8.47. The van der Waals surface area contributed by atoms with Gasteiger partial charge in [0.05, 0.1) is 5.94 Å². The third kappa shape index (κ3) is 4.79. The van der Waals surface area contributed by atoms with Gasteiger partial charge in [0, 0.05) is 0 Å². The third-order valence-electron chi connectivity index (χ3n) is 1.60. The van der Waals surface area contributed by atoms with E-state index in [1.807, 2.05) is 0 Å². The molecule has 0 unspecified atom stereocenters. The van der Waals surface area contributed by atoms with E-state index in [-0.39, 0.29) is 5.94 Å². The number of hydrogen-bond acceptors (Lipinski definition) is 2. The van der Waals surface area contributed by atoms with E-state index in [0.29, 0.717) is 0 Å². The summed E-state index contributed by atoms with van der Waals surface area (Å²) in [4.78, 5) is 0. The lowest BCUT2D eigenvalue weighted by atomic mass is 10.1. The minimum Gasteiger partial charge on any atom is -0.386 e. The van der Waals surface area contributed by atoms with Gasteiger partial charge in [0.2, 0.25) is 0 Å². The van der Waals surface area contributed by atoms with Gasteiger partial charge in [0.15, 0.2) is 0 Å². The molecule has 1 N–H and O–H groups in total. The highest BCUT2D eigenvalue weighted by atomic mass is 32.2. The molecule has 0 aromatic carbocycles. The van der Waals surface area contributed by atoms with E-state index in [1.54, 1.807) is 11.8 Å². The van der Waals surface area contributed by atoms with Crippen LogP contribution in [-0.2, 0) is 0 Å². The van der Waals surface area contributed by atoms with Crippen molar-refractivity contribution in [3.8, 4) is 0 Å². The average Bonchev–Trinajstić information content (AvgIpc) is 1.91. The first kappa shape index (κ1) is 9.31. The zero-order valence-electron chi connectivity index (χ0n) is 6.26. The molecule has 0 amide bonds. The molecule has 0 saturated carbocycles. The minimum atomic E-state index is 0.274. The average molecular weight is 148 g/mol. The highest BCUT2D eigenvalue weighted by molar-refractivity contribution is 7.99. The summed E-state index contributed by atoms with van der Waals surface area (Å²) in [6, 6.07) is 0. The predicted molar refractivity (Wildman–Crippen MR) is 43.6 cm³/mol. The second-order valence-corrected chi connectivity index (χ2v) is 3.18. The second-order valence-electron chi connectivity index (χ2n) is 2.18. The highest BCUT2D eigenvalue weighted by Crippen LogP contribution is 2.13. The Kier molecular flexibility index (Phi) is 6.65. The molecular formula is C7H16OS. The van der Waals surface area contributed by atoms with Crippen LogP contribution in [0.1, 0.15) is 26.7 Å². The third-order valence-corrected chi connectivity index (χ3v) is 2.49. The van der Waals surface area contributed by atoms with E-state index >= 15 is 0 Å². The molecule has 0 aromatic heterocycles. The first-order chi connectivity index (χ1) is 4.35. The fraction of sp³-hybridized carbons (Fsp3) is 1.00. The van der Waals surface area contributed by atoms with E-state index in [4.69, 9.17) is 5.11 Å². The zero-order chi connectivity index (χ0) is 7.11. The van der Waals surface area contributed by atoms with Gasteiger partial charge in [-0.1, -0.05) is 26.7 Å². The number of rotatable bonds is 5. The van der Waals surface area contributed by atoms with Gasteiger partial charge < -0.3 is 5.11 Å². The molecule has 0 atom stereocenters. The lowest BCUT2D eigenvalue weighted by Gasteiger charge is -2.08. The minimum absolute atomic E-state index is 0.274. The van der Waals surface area contributed by atoms with Gasteiger partial charge in [-0.15, -0.1) is 11.8 Å². The first-order valence-corrected chi connectivity index (χ1v) is 4.69. The number of aliphatic hydroxyl groups excluding tert-OH is 1. The van der Waals surface area contributed by atoms with Gasteiger partial charge in [-0.3, -0.25) is 0 Å². The van der Waals surface area contributed by atoms with E-state index in [9.17, 15) is 0 Å². The normalized spacial score (nSPS) is 10.7. The first-order valence-electron chi connectivity index (χ1n) is 3.53. The van der Waals surface area contributed by atoms with Crippen LogP contribution in [0, 0.1) is 5.92 Å². The van der Waals surface area contributed by atoms with Gasteiger partial charge >= 0.3 is 0 Å². The second kappa shape index (κ2) is 6.43. The van der Waals surface area contributed by atoms with Crippen LogP contribution >= 0.6 is 11.8 Å². The van der Waals surface area contributed by atoms with Crippen molar-refractivity contribution in [2.24, 2.45) is 5.92 Å². The molecule has 0 rings (SSSR count). The lowest BCUT2D eigenvalue weighted by molar-refractivity contribution is 0.374. The van der Waals surface area contributed by atoms with E-state index in [0.717, 1.165) is 11.7 Å². The van der Waals surface area contributed by atoms with Crippen LogP contribution in [0.5, 0.6) is 0 Å². The quantitative estimate of drug-likeness (QED) is 0.602. The Hall–Kier alpha value is 0.310. The molecule has 2 heteroatoms. The number of thioether (sulfide) groups is 1. The van der Waals surface area contributed by atoms with E-state index in [2.05, 4.69) is 13.8 Å². The van der Waals surface area contributed by atoms with Crippen LogP contribution < -0.4 is 0 Å². The summed E-state index contributed by atoms with van der Waals surface area (Å²) in [5.74, 6) is 2.20. The Balaban J connectivity index is 3.09. The van der Waals surface area contributed by atoms with Crippen molar-refractivity contribution in [3.63, 3.8) is 0 Å².